The molecule has 4 heterocycles. The molecule has 2 aromatic heterocycles. The summed E-state index contributed by atoms with van der Waals surface area (Å²) in [6, 6.07) is 31.1. The SMILES string of the molecule is C[C@@H]1Cc2ccccc2CN1C(=O)c1ccc(Cl)cc1-c1cc(C(=N)N(c2ccc(O)cc2)c2ccc3c(ccn3C)c2)c2n1CCNC2. The minimum Gasteiger partial charge on any atom is -0.508 e. The van der Waals surface area contributed by atoms with E-state index in [0.29, 0.717) is 30.2 Å². The van der Waals surface area contributed by atoms with Crippen LogP contribution in [0, 0.1) is 5.41 Å². The van der Waals surface area contributed by atoms with E-state index in [0.717, 1.165) is 57.8 Å². The monoisotopic (exact) mass is 668 g/mol. The Morgan fingerprint density at radius 3 is 2.53 bits per heavy atom. The zero-order valence-electron chi connectivity index (χ0n) is 27.5. The molecule has 0 fully saturated rings. The number of hydrogen-bond acceptors (Lipinski definition) is 4. The van der Waals surface area contributed by atoms with Gasteiger partial charge in [-0.15, -0.1) is 0 Å². The van der Waals surface area contributed by atoms with E-state index >= 15 is 0 Å². The Morgan fingerprint density at radius 1 is 0.939 bits per heavy atom. The number of anilines is 2. The summed E-state index contributed by atoms with van der Waals surface area (Å²) in [4.78, 5) is 18.3. The number of aromatic nitrogens is 2. The highest BCUT2D eigenvalue weighted by Gasteiger charge is 2.32. The van der Waals surface area contributed by atoms with Gasteiger partial charge in [-0.2, -0.15) is 0 Å². The third-order valence-corrected chi connectivity index (χ3v) is 10.2. The van der Waals surface area contributed by atoms with Crippen LogP contribution in [-0.4, -0.2) is 43.5 Å². The zero-order chi connectivity index (χ0) is 33.8. The first-order valence-electron chi connectivity index (χ1n) is 16.6. The summed E-state index contributed by atoms with van der Waals surface area (Å²) in [7, 11) is 2.02. The molecule has 1 atom stereocenters. The molecule has 0 saturated carbocycles. The molecule has 0 bridgehead atoms. The van der Waals surface area contributed by atoms with Gasteiger partial charge in [0, 0.05) is 101 Å². The molecule has 2 aliphatic rings. The number of aryl methyl sites for hydroxylation is 1. The van der Waals surface area contributed by atoms with Crippen molar-refractivity contribution in [2.24, 2.45) is 7.05 Å². The molecule has 3 N–H and O–H groups in total. The molecule has 9 heteroatoms. The van der Waals surface area contributed by atoms with E-state index in [4.69, 9.17) is 11.6 Å². The maximum atomic E-state index is 14.4. The van der Waals surface area contributed by atoms with Gasteiger partial charge in [0.15, 0.2) is 0 Å². The number of carbonyl (C=O) groups is 1. The fraction of sp³-hybridized carbons (Fsp3) is 0.200. The van der Waals surface area contributed by atoms with Crippen LogP contribution in [0.2, 0.25) is 5.02 Å². The maximum Gasteiger partial charge on any atom is 0.255 e. The van der Waals surface area contributed by atoms with Gasteiger partial charge in [0.25, 0.3) is 5.91 Å². The Hall–Kier alpha value is -5.31. The average Bonchev–Trinajstić information content (AvgIpc) is 3.69. The van der Waals surface area contributed by atoms with Crippen molar-refractivity contribution in [3.8, 4) is 17.0 Å². The molecule has 8 rings (SSSR count). The van der Waals surface area contributed by atoms with Crippen LogP contribution in [0.1, 0.15) is 39.7 Å². The number of fused-ring (bicyclic) bond motifs is 3. The summed E-state index contributed by atoms with van der Waals surface area (Å²) in [6.45, 7) is 4.68. The lowest BCUT2D eigenvalue weighted by Gasteiger charge is -2.35. The predicted molar refractivity (Wildman–Crippen MR) is 196 cm³/mol. The Balaban J connectivity index is 1.24. The topological polar surface area (TPSA) is 89.5 Å². The molecule has 0 spiro atoms. The second-order valence-electron chi connectivity index (χ2n) is 13.0. The second kappa shape index (κ2) is 12.3. The normalized spacial score (nSPS) is 15.6. The number of amidine groups is 1. The van der Waals surface area contributed by atoms with Crippen LogP contribution in [0.5, 0.6) is 5.75 Å². The molecule has 49 heavy (non-hydrogen) atoms. The number of benzene rings is 4. The highest BCUT2D eigenvalue weighted by atomic mass is 35.5. The van der Waals surface area contributed by atoms with Gasteiger partial charge in [-0.1, -0.05) is 35.9 Å². The zero-order valence-corrected chi connectivity index (χ0v) is 28.2. The fourth-order valence-corrected chi connectivity index (χ4v) is 7.59. The summed E-state index contributed by atoms with van der Waals surface area (Å²) in [5.41, 5.74) is 9.07. The van der Waals surface area contributed by atoms with Crippen molar-refractivity contribution in [3.05, 3.63) is 136 Å². The number of amides is 1. The smallest absolute Gasteiger partial charge is 0.255 e. The lowest BCUT2D eigenvalue weighted by molar-refractivity contribution is 0.0659. The van der Waals surface area contributed by atoms with Gasteiger partial charge in [0.05, 0.1) is 0 Å². The van der Waals surface area contributed by atoms with Gasteiger partial charge in [0.1, 0.15) is 11.6 Å². The molecule has 0 aliphatic carbocycles. The number of aromatic hydroxyl groups is 1. The molecular formula is C40H37ClN6O2. The van der Waals surface area contributed by atoms with Crippen molar-refractivity contribution in [2.45, 2.75) is 39.0 Å². The first kappa shape index (κ1) is 31.0. The molecule has 2 aliphatic heterocycles. The van der Waals surface area contributed by atoms with Gasteiger partial charge in [0.2, 0.25) is 0 Å². The van der Waals surface area contributed by atoms with Crippen molar-refractivity contribution in [3.63, 3.8) is 0 Å². The highest BCUT2D eigenvalue weighted by Crippen LogP contribution is 2.37. The fourth-order valence-electron chi connectivity index (χ4n) is 7.42. The van der Waals surface area contributed by atoms with E-state index in [-0.39, 0.29) is 23.5 Å². The minimum atomic E-state index is -0.0309. The van der Waals surface area contributed by atoms with Crippen LogP contribution in [0.3, 0.4) is 0 Å². The number of halogens is 1. The molecule has 8 nitrogen and oxygen atoms in total. The number of phenolic OH excluding ortho intramolecular Hbond substituents is 1. The largest absolute Gasteiger partial charge is 0.508 e. The van der Waals surface area contributed by atoms with Crippen molar-refractivity contribution in [1.29, 1.82) is 5.41 Å². The van der Waals surface area contributed by atoms with Crippen molar-refractivity contribution in [1.82, 2.24) is 19.4 Å². The molecule has 4 aromatic carbocycles. The Kier molecular flexibility index (Phi) is 7.77. The van der Waals surface area contributed by atoms with E-state index in [2.05, 4.69) is 57.8 Å². The summed E-state index contributed by atoms with van der Waals surface area (Å²) in [5, 5.41) is 25.0. The van der Waals surface area contributed by atoms with Crippen LogP contribution < -0.4 is 10.2 Å². The Labute approximate surface area is 290 Å². The van der Waals surface area contributed by atoms with Crippen LogP contribution in [0.15, 0.2) is 103 Å². The molecule has 0 saturated heterocycles. The van der Waals surface area contributed by atoms with Gasteiger partial charge >= 0.3 is 0 Å². The Morgan fingerprint density at radius 2 is 1.71 bits per heavy atom. The summed E-state index contributed by atoms with van der Waals surface area (Å²) in [6.07, 6.45) is 2.83. The molecular weight excluding hydrogens is 632 g/mol. The number of nitrogens with zero attached hydrogens (tertiary/aromatic N) is 4. The van der Waals surface area contributed by atoms with Crippen molar-refractivity contribution >= 4 is 45.6 Å². The average molecular weight is 669 g/mol. The molecule has 0 radical (unpaired) electrons. The summed E-state index contributed by atoms with van der Waals surface area (Å²) in [5.74, 6) is 0.415. The predicted octanol–water partition coefficient (Wildman–Crippen LogP) is 7.86. The molecule has 6 aromatic rings. The summed E-state index contributed by atoms with van der Waals surface area (Å²) < 4.78 is 4.30. The van der Waals surface area contributed by atoms with E-state index < -0.39 is 0 Å². The second-order valence-corrected chi connectivity index (χ2v) is 13.5. The van der Waals surface area contributed by atoms with E-state index in [9.17, 15) is 15.3 Å². The third kappa shape index (κ3) is 5.47. The minimum absolute atomic E-state index is 0.0309. The maximum absolute atomic E-state index is 14.4. The van der Waals surface area contributed by atoms with Gasteiger partial charge < -0.3 is 24.5 Å². The van der Waals surface area contributed by atoms with Crippen LogP contribution in [0.25, 0.3) is 22.2 Å². The van der Waals surface area contributed by atoms with E-state index in [1.165, 1.54) is 11.1 Å². The van der Waals surface area contributed by atoms with Crippen molar-refractivity contribution in [2.75, 3.05) is 11.4 Å². The number of nitrogens with one attached hydrogen (secondary N) is 2. The van der Waals surface area contributed by atoms with Gasteiger partial charge in [-0.25, -0.2) is 0 Å². The van der Waals surface area contributed by atoms with Gasteiger partial charge in [-0.05, 0) is 97.3 Å². The first-order valence-corrected chi connectivity index (χ1v) is 17.0. The van der Waals surface area contributed by atoms with Crippen molar-refractivity contribution < 1.29 is 9.90 Å². The number of rotatable bonds is 5. The molecule has 0 unspecified atom stereocenters. The van der Waals surface area contributed by atoms with Gasteiger partial charge in [-0.3, -0.25) is 15.1 Å². The number of carbonyl (C=O) groups excluding carboxylic acids is 1. The van der Waals surface area contributed by atoms with Crippen LogP contribution in [-0.2, 0) is 33.1 Å². The number of phenols is 1. The first-order chi connectivity index (χ1) is 23.8. The molecule has 1 amide bonds. The quantitative estimate of drug-likeness (QED) is 0.129. The molecule has 246 valence electrons. The summed E-state index contributed by atoms with van der Waals surface area (Å²) >= 11 is 6.66. The van der Waals surface area contributed by atoms with Crippen LogP contribution in [0.4, 0.5) is 11.4 Å². The Bertz CT molecular complexity index is 2250. The van der Waals surface area contributed by atoms with E-state index in [1.807, 2.05) is 65.5 Å². The third-order valence-electron chi connectivity index (χ3n) is 9.98. The van der Waals surface area contributed by atoms with Crippen LogP contribution >= 0.6 is 11.6 Å². The van der Waals surface area contributed by atoms with E-state index in [1.54, 1.807) is 18.2 Å². The standard InChI is InChI=1S/C40H37ClN6O2/c1-25-19-26-5-3-4-6-28(26)24-46(25)40(49)33-13-7-29(41)21-34(33)37-22-35(38-23-43-16-18-45(37)38)39(42)47(30-8-11-32(48)12-9-30)31-10-14-36-27(20-31)15-17-44(36)2/h3-15,17,20-22,25,42-43,48H,16,18-19,23-24H2,1-2H3/t25-/m1/s1. The highest BCUT2D eigenvalue weighted by molar-refractivity contribution is 6.31. The lowest BCUT2D eigenvalue weighted by atomic mass is 9.93. The number of hydrogen-bond donors (Lipinski definition) is 3. The lowest BCUT2D eigenvalue weighted by Crippen LogP contribution is -2.42.